The van der Waals surface area contributed by atoms with E-state index in [0.717, 1.165) is 73.3 Å². The van der Waals surface area contributed by atoms with Gasteiger partial charge in [-0.25, -0.2) is 18.3 Å². The van der Waals surface area contributed by atoms with Crippen molar-refractivity contribution in [2.75, 3.05) is 38.3 Å². The van der Waals surface area contributed by atoms with Gasteiger partial charge in [0.1, 0.15) is 29.5 Å². The molecule has 3 aromatic heterocycles. The van der Waals surface area contributed by atoms with Crippen LogP contribution in [-0.4, -0.2) is 48.2 Å². The molecular formula is C36H44N9O3+3. The fraction of sp³-hybridized carbons (Fsp3) is 0.306. The van der Waals surface area contributed by atoms with Crippen molar-refractivity contribution < 1.29 is 28.7 Å². The number of aliphatic hydroxyl groups excluding tert-OH is 2. The van der Waals surface area contributed by atoms with Gasteiger partial charge in [0.25, 0.3) is 0 Å². The number of rotatable bonds is 18. The predicted octanol–water partition coefficient (Wildman–Crippen LogP) is 5.16. The maximum absolute atomic E-state index is 9.29. The molecule has 0 spiro atoms. The molecule has 0 bridgehead atoms. The molecule has 12 nitrogen and oxygen atoms in total. The van der Waals surface area contributed by atoms with Gasteiger partial charge in [0.15, 0.2) is 18.9 Å². The van der Waals surface area contributed by atoms with Crippen molar-refractivity contribution >= 4 is 28.6 Å². The molecule has 0 amide bonds. The maximum Gasteiger partial charge on any atom is 0.350 e. The van der Waals surface area contributed by atoms with Crippen molar-refractivity contribution in [3.63, 3.8) is 0 Å². The van der Waals surface area contributed by atoms with Gasteiger partial charge >= 0.3 is 5.82 Å². The highest BCUT2D eigenvalue weighted by molar-refractivity contribution is 5.52. The highest BCUT2D eigenvalue weighted by Crippen LogP contribution is 2.22. The van der Waals surface area contributed by atoms with Crippen LogP contribution in [0.25, 0.3) is 0 Å². The van der Waals surface area contributed by atoms with E-state index in [1.165, 1.54) is 0 Å². The maximum atomic E-state index is 9.29. The van der Waals surface area contributed by atoms with Crippen molar-refractivity contribution in [3.05, 3.63) is 116 Å². The third-order valence-corrected chi connectivity index (χ3v) is 7.73. The van der Waals surface area contributed by atoms with Crippen LogP contribution in [0, 0.1) is 0 Å². The average Bonchev–Trinajstić information content (AvgIpc) is 3.58. The third kappa shape index (κ3) is 10.3. The number of aromatic nitrogens is 4. The van der Waals surface area contributed by atoms with Gasteiger partial charge in [-0.15, -0.1) is 5.11 Å². The summed E-state index contributed by atoms with van der Waals surface area (Å²) in [6, 6.07) is 25.0. The van der Waals surface area contributed by atoms with Crippen LogP contribution < -0.4 is 23.3 Å². The summed E-state index contributed by atoms with van der Waals surface area (Å²) < 4.78 is 13.9. The molecule has 2 N–H and O–H groups in total. The van der Waals surface area contributed by atoms with Crippen LogP contribution in [0.15, 0.2) is 137 Å². The van der Waals surface area contributed by atoms with E-state index in [0.29, 0.717) is 13.1 Å². The zero-order valence-corrected chi connectivity index (χ0v) is 27.4. The monoisotopic (exact) mass is 650 g/mol. The second-order valence-electron chi connectivity index (χ2n) is 11.2. The fourth-order valence-corrected chi connectivity index (χ4v) is 5.23. The number of imidazole rings is 1. The number of anilines is 1. The average molecular weight is 651 g/mol. The number of hydrogen-bond acceptors (Lipinski definition) is 8. The SMILES string of the molecule is COc1ccc(/N=N/c2ccc[n+](CCC[n+]3ccn(CCC[n+]4ccccc4/N=N/c4ccc(N(CCO)CCO)cc4)c3)c2)cc1. The lowest BCUT2D eigenvalue weighted by molar-refractivity contribution is -0.726. The molecule has 0 fully saturated rings. The molecule has 248 valence electrons. The lowest BCUT2D eigenvalue weighted by Crippen LogP contribution is -2.37. The van der Waals surface area contributed by atoms with Gasteiger partial charge in [0, 0.05) is 43.8 Å². The van der Waals surface area contributed by atoms with Crippen LogP contribution in [0.5, 0.6) is 5.75 Å². The summed E-state index contributed by atoms with van der Waals surface area (Å²) in [5.41, 5.74) is 3.25. The van der Waals surface area contributed by atoms with E-state index in [4.69, 9.17) is 4.74 Å². The van der Waals surface area contributed by atoms with E-state index in [1.54, 1.807) is 7.11 Å². The molecule has 5 rings (SSSR count). The summed E-state index contributed by atoms with van der Waals surface area (Å²) in [5.74, 6) is 1.58. The van der Waals surface area contributed by atoms with Crippen LogP contribution in [0.2, 0.25) is 0 Å². The number of methoxy groups -OCH3 is 1. The second kappa shape index (κ2) is 18.1. The first kappa shape index (κ1) is 34.0. The van der Waals surface area contributed by atoms with Crippen molar-refractivity contribution in [2.45, 2.75) is 39.0 Å². The Labute approximate surface area is 281 Å². The summed E-state index contributed by atoms with van der Waals surface area (Å²) >= 11 is 0. The van der Waals surface area contributed by atoms with Gasteiger partial charge in [0.05, 0.1) is 57.0 Å². The number of hydrogen-bond donors (Lipinski definition) is 2. The minimum Gasteiger partial charge on any atom is -0.497 e. The summed E-state index contributed by atoms with van der Waals surface area (Å²) in [7, 11) is 1.64. The number of aryl methyl sites for hydroxylation is 4. The largest absolute Gasteiger partial charge is 0.497 e. The molecule has 5 aromatic rings. The zero-order chi connectivity index (χ0) is 33.4. The van der Waals surface area contributed by atoms with Gasteiger partial charge in [-0.05, 0) is 65.8 Å². The van der Waals surface area contributed by atoms with Crippen molar-refractivity contribution in [1.29, 1.82) is 0 Å². The Morgan fingerprint density at radius 1 is 0.688 bits per heavy atom. The zero-order valence-electron chi connectivity index (χ0n) is 27.4. The van der Waals surface area contributed by atoms with E-state index in [9.17, 15) is 10.2 Å². The normalized spacial score (nSPS) is 11.5. The number of aliphatic hydroxyl groups is 2. The lowest BCUT2D eigenvalue weighted by atomic mass is 10.2. The quantitative estimate of drug-likeness (QED) is 0.101. The van der Waals surface area contributed by atoms with Crippen molar-refractivity contribution in [2.24, 2.45) is 20.5 Å². The van der Waals surface area contributed by atoms with Gasteiger partial charge in [0.2, 0.25) is 6.33 Å². The number of ether oxygens (including phenoxy) is 1. The summed E-state index contributed by atoms with van der Waals surface area (Å²) in [6.45, 7) is 4.47. The topological polar surface area (TPSA) is 119 Å². The summed E-state index contributed by atoms with van der Waals surface area (Å²) in [6.07, 6.45) is 14.4. The van der Waals surface area contributed by atoms with E-state index >= 15 is 0 Å². The van der Waals surface area contributed by atoms with Gasteiger partial charge in [-0.3, -0.25) is 0 Å². The molecule has 3 heterocycles. The number of pyridine rings is 2. The van der Waals surface area contributed by atoms with Crippen LogP contribution in [0.1, 0.15) is 12.8 Å². The number of azo groups is 2. The smallest absolute Gasteiger partial charge is 0.350 e. The predicted molar refractivity (Wildman–Crippen MR) is 181 cm³/mol. The Morgan fingerprint density at radius 2 is 1.40 bits per heavy atom. The molecule has 48 heavy (non-hydrogen) atoms. The van der Waals surface area contributed by atoms with Crippen molar-refractivity contribution in [1.82, 2.24) is 4.57 Å². The first-order chi connectivity index (χ1) is 23.6. The van der Waals surface area contributed by atoms with Gasteiger partial charge < -0.3 is 19.8 Å². The van der Waals surface area contributed by atoms with E-state index in [-0.39, 0.29) is 13.2 Å². The highest BCUT2D eigenvalue weighted by atomic mass is 16.5. The molecular weight excluding hydrogens is 606 g/mol. The summed E-state index contributed by atoms with van der Waals surface area (Å²) in [4.78, 5) is 1.93. The minimum atomic E-state index is 0.0253. The molecule has 0 aliphatic heterocycles. The number of benzene rings is 2. The van der Waals surface area contributed by atoms with Crippen LogP contribution >= 0.6 is 0 Å². The standard InChI is InChI=1S/C36H44N9O3/c1-48-35-15-11-32(12-16-35)37-39-33-7-4-17-41(29-33)18-5-19-42-23-24-43(30-42)20-6-22-45-21-3-2-8-36(45)40-38-31-9-13-34(14-10-31)44(25-27-46)26-28-47/h2-4,7-17,21,23-24,29-30,46-47H,5-6,18-20,22,25-28H2,1H3/q+3/b39-37+. The van der Waals surface area contributed by atoms with E-state index in [2.05, 4.69) is 63.6 Å². The Balaban J connectivity index is 1.07. The Bertz CT molecular complexity index is 1750. The molecule has 0 aliphatic carbocycles. The third-order valence-electron chi connectivity index (χ3n) is 7.73. The fourth-order valence-electron chi connectivity index (χ4n) is 5.23. The molecule has 0 saturated carbocycles. The summed E-state index contributed by atoms with van der Waals surface area (Å²) in [5, 5.41) is 36.3. The van der Waals surface area contributed by atoms with Gasteiger partial charge in [-0.1, -0.05) is 6.07 Å². The Kier molecular flexibility index (Phi) is 12.8. The minimum absolute atomic E-state index is 0.0253. The van der Waals surface area contributed by atoms with Gasteiger partial charge in [-0.2, -0.15) is 5.11 Å². The lowest BCUT2D eigenvalue weighted by Gasteiger charge is -2.22. The molecule has 0 unspecified atom stereocenters. The molecule has 0 atom stereocenters. The highest BCUT2D eigenvalue weighted by Gasteiger charge is 2.12. The second-order valence-corrected chi connectivity index (χ2v) is 11.2. The number of nitrogens with zero attached hydrogens (tertiary/aromatic N) is 9. The molecule has 0 radical (unpaired) electrons. The molecule has 2 aromatic carbocycles. The molecule has 0 saturated heterocycles. The Morgan fingerprint density at radius 3 is 2.15 bits per heavy atom. The first-order valence-electron chi connectivity index (χ1n) is 16.2. The Hall–Kier alpha value is -5.33. The van der Waals surface area contributed by atoms with E-state index < -0.39 is 0 Å². The van der Waals surface area contributed by atoms with Crippen LogP contribution in [0.4, 0.5) is 28.6 Å². The van der Waals surface area contributed by atoms with Crippen LogP contribution in [-0.2, 0) is 26.2 Å². The molecule has 12 heteroatoms. The first-order valence-corrected chi connectivity index (χ1v) is 16.2. The molecule has 0 aliphatic rings. The van der Waals surface area contributed by atoms with Crippen LogP contribution in [0.3, 0.4) is 0 Å². The van der Waals surface area contributed by atoms with E-state index in [1.807, 2.05) is 96.2 Å². The van der Waals surface area contributed by atoms with Crippen molar-refractivity contribution in [3.8, 4) is 5.75 Å².